The van der Waals surface area contributed by atoms with Gasteiger partial charge in [0.05, 0.1) is 11.2 Å². The lowest BCUT2D eigenvalue weighted by atomic mass is 9.94. The fraction of sp³-hybridized carbons (Fsp3) is 0.167. The van der Waals surface area contributed by atoms with Crippen LogP contribution in [0.2, 0.25) is 0 Å². The van der Waals surface area contributed by atoms with Gasteiger partial charge >= 0.3 is 0 Å². The summed E-state index contributed by atoms with van der Waals surface area (Å²) in [5.74, 6) is 0.848. The molecular weight excluding hydrogens is 332 g/mol. The Morgan fingerprint density at radius 2 is 1.41 bits per heavy atom. The molecule has 2 heterocycles. The topological polar surface area (TPSA) is 38.9 Å². The maximum Gasteiger partial charge on any atom is 0.136 e. The van der Waals surface area contributed by atoms with E-state index in [4.69, 9.17) is 14.4 Å². The van der Waals surface area contributed by atoms with Gasteiger partial charge in [-0.15, -0.1) is 0 Å². The summed E-state index contributed by atoms with van der Waals surface area (Å²) in [5.41, 5.74) is 4.64. The first-order chi connectivity index (χ1) is 13.0. The number of para-hydroxylation sites is 2. The number of aromatic nitrogens is 2. The van der Waals surface area contributed by atoms with Crippen molar-refractivity contribution in [2.75, 3.05) is 0 Å². The highest BCUT2D eigenvalue weighted by Crippen LogP contribution is 2.34. The van der Waals surface area contributed by atoms with Crippen LogP contribution in [0.4, 0.5) is 0 Å². The Hall–Kier alpha value is -3.20. The maximum atomic E-state index is 6.08. The average molecular weight is 352 g/mol. The summed E-state index contributed by atoms with van der Waals surface area (Å²) in [5, 5.41) is 3.33. The van der Waals surface area contributed by atoms with Crippen LogP contribution in [0, 0.1) is 0 Å². The van der Waals surface area contributed by atoms with E-state index in [1.807, 2.05) is 30.3 Å². The van der Waals surface area contributed by atoms with Crippen molar-refractivity contribution in [2.45, 2.75) is 26.2 Å². The van der Waals surface area contributed by atoms with E-state index in [0.717, 1.165) is 49.9 Å². The minimum atomic E-state index is -0.123. The normalized spacial score (nSPS) is 12.3. The van der Waals surface area contributed by atoms with E-state index in [2.05, 4.69) is 57.2 Å². The molecule has 0 bridgehead atoms. The quantitative estimate of drug-likeness (QED) is 0.346. The summed E-state index contributed by atoms with van der Waals surface area (Å²) in [7, 11) is 0. The van der Waals surface area contributed by atoms with Gasteiger partial charge < -0.3 is 4.42 Å². The third-order valence-electron chi connectivity index (χ3n) is 4.93. The van der Waals surface area contributed by atoms with Gasteiger partial charge in [0.25, 0.3) is 0 Å². The average Bonchev–Trinajstić information content (AvgIpc) is 3.04. The summed E-state index contributed by atoms with van der Waals surface area (Å²) >= 11 is 0. The number of hydrogen-bond acceptors (Lipinski definition) is 3. The van der Waals surface area contributed by atoms with Crippen molar-refractivity contribution in [1.29, 1.82) is 0 Å². The van der Waals surface area contributed by atoms with Crippen LogP contribution in [0.3, 0.4) is 0 Å². The number of nitrogens with zero attached hydrogens (tertiary/aromatic N) is 2. The van der Waals surface area contributed by atoms with Crippen molar-refractivity contribution in [3.63, 3.8) is 0 Å². The molecule has 0 aliphatic carbocycles. The number of benzene rings is 3. The van der Waals surface area contributed by atoms with Gasteiger partial charge in [-0.25, -0.2) is 9.97 Å². The Bertz CT molecular complexity index is 1310. The summed E-state index contributed by atoms with van der Waals surface area (Å²) in [6.45, 7) is 6.43. The smallest absolute Gasteiger partial charge is 0.136 e. The molecule has 0 N–H and O–H groups in total. The molecule has 132 valence electrons. The van der Waals surface area contributed by atoms with E-state index >= 15 is 0 Å². The SMILES string of the molecule is CC(C)(C)c1nc(-c2ccc3c(c2)oc2ccccc23)c2ccccc2n1. The molecule has 0 aliphatic heterocycles. The third kappa shape index (κ3) is 2.58. The number of rotatable bonds is 1. The third-order valence-corrected chi connectivity index (χ3v) is 4.93. The molecule has 27 heavy (non-hydrogen) atoms. The monoisotopic (exact) mass is 352 g/mol. The van der Waals surface area contributed by atoms with E-state index < -0.39 is 0 Å². The van der Waals surface area contributed by atoms with Gasteiger partial charge in [0.15, 0.2) is 0 Å². The first-order valence-corrected chi connectivity index (χ1v) is 9.20. The molecule has 5 rings (SSSR count). The predicted molar refractivity (Wildman–Crippen MR) is 111 cm³/mol. The van der Waals surface area contributed by atoms with Gasteiger partial charge in [0.2, 0.25) is 0 Å². The number of hydrogen-bond donors (Lipinski definition) is 0. The molecule has 2 aromatic heterocycles. The maximum absolute atomic E-state index is 6.08. The highest BCUT2D eigenvalue weighted by atomic mass is 16.3. The summed E-state index contributed by atoms with van der Waals surface area (Å²) in [6, 6.07) is 22.7. The lowest BCUT2D eigenvalue weighted by molar-refractivity contribution is 0.549. The Morgan fingerprint density at radius 3 is 2.22 bits per heavy atom. The van der Waals surface area contributed by atoms with Crippen LogP contribution in [0.1, 0.15) is 26.6 Å². The van der Waals surface area contributed by atoms with Gasteiger partial charge in [0.1, 0.15) is 17.0 Å². The second kappa shape index (κ2) is 5.65. The zero-order valence-corrected chi connectivity index (χ0v) is 15.7. The molecule has 3 heteroatoms. The van der Waals surface area contributed by atoms with E-state index in [1.54, 1.807) is 0 Å². The van der Waals surface area contributed by atoms with Crippen LogP contribution >= 0.6 is 0 Å². The molecule has 5 aromatic rings. The molecule has 0 amide bonds. The summed E-state index contributed by atoms with van der Waals surface area (Å²) < 4.78 is 6.08. The van der Waals surface area contributed by atoms with Gasteiger partial charge in [-0.3, -0.25) is 0 Å². The lowest BCUT2D eigenvalue weighted by Crippen LogP contribution is -2.16. The van der Waals surface area contributed by atoms with Crippen LogP contribution in [-0.2, 0) is 5.41 Å². The fourth-order valence-electron chi connectivity index (χ4n) is 3.51. The van der Waals surface area contributed by atoms with Gasteiger partial charge in [-0.05, 0) is 24.3 Å². The Labute approximate surface area is 157 Å². The van der Waals surface area contributed by atoms with Crippen LogP contribution in [0.5, 0.6) is 0 Å². The number of furan rings is 1. The van der Waals surface area contributed by atoms with E-state index in [9.17, 15) is 0 Å². The number of fused-ring (bicyclic) bond motifs is 4. The highest BCUT2D eigenvalue weighted by Gasteiger charge is 2.20. The van der Waals surface area contributed by atoms with Gasteiger partial charge in [0, 0.05) is 27.1 Å². The molecular formula is C24H20N2O. The van der Waals surface area contributed by atoms with Gasteiger partial charge in [-0.1, -0.05) is 63.2 Å². The van der Waals surface area contributed by atoms with Crippen LogP contribution in [-0.4, -0.2) is 9.97 Å². The first-order valence-electron chi connectivity index (χ1n) is 9.20. The first kappa shape index (κ1) is 16.0. The fourth-order valence-corrected chi connectivity index (χ4v) is 3.51. The zero-order valence-electron chi connectivity index (χ0n) is 15.7. The summed E-state index contributed by atoms with van der Waals surface area (Å²) in [6.07, 6.45) is 0. The molecule has 0 fully saturated rings. The zero-order chi connectivity index (χ0) is 18.6. The van der Waals surface area contributed by atoms with Crippen molar-refractivity contribution in [3.8, 4) is 11.3 Å². The van der Waals surface area contributed by atoms with Crippen molar-refractivity contribution in [3.05, 3.63) is 72.6 Å². The molecule has 0 saturated carbocycles. The second-order valence-corrected chi connectivity index (χ2v) is 7.97. The molecule has 0 spiro atoms. The second-order valence-electron chi connectivity index (χ2n) is 7.97. The lowest BCUT2D eigenvalue weighted by Gasteiger charge is -2.18. The van der Waals surface area contributed by atoms with E-state index in [0.29, 0.717) is 0 Å². The van der Waals surface area contributed by atoms with Crippen molar-refractivity contribution >= 4 is 32.8 Å². The molecule has 3 nitrogen and oxygen atoms in total. The molecule has 0 atom stereocenters. The predicted octanol–water partition coefficient (Wildman–Crippen LogP) is 6.49. The van der Waals surface area contributed by atoms with E-state index in [1.165, 1.54) is 0 Å². The van der Waals surface area contributed by atoms with Crippen molar-refractivity contribution < 1.29 is 4.42 Å². The molecule has 0 aliphatic rings. The Morgan fingerprint density at radius 1 is 0.704 bits per heavy atom. The Kier molecular flexibility index (Phi) is 3.35. The molecule has 0 unspecified atom stereocenters. The standard InChI is InChI=1S/C24H20N2O/c1-24(2,3)23-25-19-10-6-4-9-18(19)22(26-23)15-12-13-17-16-8-5-7-11-20(16)27-21(17)14-15/h4-14H,1-3H3. The highest BCUT2D eigenvalue weighted by molar-refractivity contribution is 6.06. The van der Waals surface area contributed by atoms with E-state index in [-0.39, 0.29) is 5.41 Å². The van der Waals surface area contributed by atoms with Crippen LogP contribution in [0.15, 0.2) is 71.1 Å². The largest absolute Gasteiger partial charge is 0.456 e. The molecule has 0 saturated heterocycles. The van der Waals surface area contributed by atoms with Crippen molar-refractivity contribution in [2.24, 2.45) is 0 Å². The Balaban J connectivity index is 1.80. The minimum absolute atomic E-state index is 0.123. The molecule has 0 radical (unpaired) electrons. The minimum Gasteiger partial charge on any atom is -0.456 e. The van der Waals surface area contributed by atoms with Crippen LogP contribution in [0.25, 0.3) is 44.1 Å². The molecule has 3 aromatic carbocycles. The van der Waals surface area contributed by atoms with Crippen molar-refractivity contribution in [1.82, 2.24) is 9.97 Å². The van der Waals surface area contributed by atoms with Crippen LogP contribution < -0.4 is 0 Å². The summed E-state index contributed by atoms with van der Waals surface area (Å²) in [4.78, 5) is 9.75. The van der Waals surface area contributed by atoms with Gasteiger partial charge in [-0.2, -0.15) is 0 Å².